The zero-order chi connectivity index (χ0) is 22.9. The van der Waals surface area contributed by atoms with E-state index in [1.54, 1.807) is 16.9 Å². The first-order chi connectivity index (χ1) is 16.0. The van der Waals surface area contributed by atoms with Gasteiger partial charge in [0.15, 0.2) is 11.3 Å². The Morgan fingerprint density at radius 1 is 1.18 bits per heavy atom. The minimum atomic E-state index is -2.78. The fraction of sp³-hybridized carbons (Fsp3) is 0.565. The molecule has 0 unspecified atom stereocenters. The van der Waals surface area contributed by atoms with Crippen molar-refractivity contribution in [3.63, 3.8) is 0 Å². The summed E-state index contributed by atoms with van der Waals surface area (Å²) in [6.07, 6.45) is 9.41. The predicted octanol–water partition coefficient (Wildman–Crippen LogP) is 5.08. The Morgan fingerprint density at radius 2 is 1.94 bits per heavy atom. The van der Waals surface area contributed by atoms with Crippen LogP contribution in [0.3, 0.4) is 0 Å². The number of alkyl halides is 2. The molecule has 8 nitrogen and oxygen atoms in total. The lowest BCUT2D eigenvalue weighted by Gasteiger charge is -2.27. The Labute approximate surface area is 190 Å². The molecule has 5 rings (SSSR count). The Balaban J connectivity index is 1.35. The highest BCUT2D eigenvalue weighted by molar-refractivity contribution is 6.08. The van der Waals surface area contributed by atoms with Gasteiger partial charge in [0.1, 0.15) is 11.4 Å². The second-order valence-electron chi connectivity index (χ2n) is 9.21. The summed E-state index contributed by atoms with van der Waals surface area (Å²) >= 11 is 0. The SMILES string of the molecule is CCC1CCC(n2cc(NC(=O)c3cnn4ccc(NCC5CC5)nc34)c(C(F)F)n2)CC1. The minimum Gasteiger partial charge on any atom is -0.370 e. The number of carbonyl (C=O) groups excluding carboxylic acids is 1. The standard InChI is InChI=1S/C23H29F2N7O/c1-2-14-5-7-16(8-6-14)32-13-18(20(30-32)21(24)25)28-23(33)17-12-27-31-10-9-19(29-22(17)31)26-11-15-3-4-15/h9-10,12-16,21H,2-8,11H2,1H3,(H,26,29)(H,28,33). The molecule has 3 heterocycles. The van der Waals surface area contributed by atoms with Crippen LogP contribution in [0.2, 0.25) is 0 Å². The molecule has 0 spiro atoms. The Morgan fingerprint density at radius 3 is 2.64 bits per heavy atom. The Kier molecular flexibility index (Phi) is 5.99. The van der Waals surface area contributed by atoms with Gasteiger partial charge in [-0.3, -0.25) is 9.48 Å². The molecule has 0 saturated heterocycles. The van der Waals surface area contributed by atoms with E-state index in [9.17, 15) is 13.6 Å². The van der Waals surface area contributed by atoms with Crippen molar-refractivity contribution in [3.8, 4) is 0 Å². The summed E-state index contributed by atoms with van der Waals surface area (Å²) < 4.78 is 30.5. The van der Waals surface area contributed by atoms with Crippen LogP contribution in [0, 0.1) is 11.8 Å². The zero-order valence-electron chi connectivity index (χ0n) is 18.7. The van der Waals surface area contributed by atoms with Crippen LogP contribution < -0.4 is 10.6 Å². The quantitative estimate of drug-likeness (QED) is 0.492. The molecule has 0 radical (unpaired) electrons. The molecule has 2 aliphatic carbocycles. The molecule has 1 amide bonds. The summed E-state index contributed by atoms with van der Waals surface area (Å²) in [5.41, 5.74) is 0.228. The lowest BCUT2D eigenvalue weighted by Crippen LogP contribution is -2.18. The van der Waals surface area contributed by atoms with E-state index >= 15 is 0 Å². The molecule has 2 N–H and O–H groups in total. The van der Waals surface area contributed by atoms with Gasteiger partial charge in [-0.25, -0.2) is 18.3 Å². The normalized spacial score (nSPS) is 21.0. The fourth-order valence-corrected chi connectivity index (χ4v) is 4.56. The molecule has 2 saturated carbocycles. The third-order valence-electron chi connectivity index (χ3n) is 6.87. The summed E-state index contributed by atoms with van der Waals surface area (Å²) in [5, 5.41) is 14.2. The van der Waals surface area contributed by atoms with E-state index in [0.29, 0.717) is 23.3 Å². The van der Waals surface area contributed by atoms with Gasteiger partial charge >= 0.3 is 0 Å². The van der Waals surface area contributed by atoms with Crippen molar-refractivity contribution in [2.75, 3.05) is 17.2 Å². The fourth-order valence-electron chi connectivity index (χ4n) is 4.56. The first-order valence-corrected chi connectivity index (χ1v) is 11.8. The number of carbonyl (C=O) groups is 1. The van der Waals surface area contributed by atoms with E-state index < -0.39 is 18.0 Å². The number of fused-ring (bicyclic) bond motifs is 1. The number of hydrogen-bond donors (Lipinski definition) is 2. The summed E-state index contributed by atoms with van der Waals surface area (Å²) in [6.45, 7) is 3.03. The molecule has 3 aromatic rings. The topological polar surface area (TPSA) is 89.1 Å². The number of rotatable bonds is 8. The van der Waals surface area contributed by atoms with Gasteiger partial charge in [-0.2, -0.15) is 10.2 Å². The molecule has 2 fully saturated rings. The van der Waals surface area contributed by atoms with Gasteiger partial charge < -0.3 is 10.6 Å². The van der Waals surface area contributed by atoms with Crippen molar-refractivity contribution in [1.29, 1.82) is 0 Å². The van der Waals surface area contributed by atoms with Crippen LogP contribution in [0.1, 0.15) is 80.4 Å². The molecular weight excluding hydrogens is 428 g/mol. The first-order valence-electron chi connectivity index (χ1n) is 11.8. The van der Waals surface area contributed by atoms with Crippen LogP contribution in [0.5, 0.6) is 0 Å². The molecule has 10 heteroatoms. The van der Waals surface area contributed by atoms with E-state index in [-0.39, 0.29) is 17.3 Å². The average Bonchev–Trinajstić information content (AvgIpc) is 3.41. The molecule has 0 aliphatic heterocycles. The molecule has 3 aromatic heterocycles. The van der Waals surface area contributed by atoms with Gasteiger partial charge in [0.25, 0.3) is 12.3 Å². The number of anilines is 2. The molecule has 0 aromatic carbocycles. The molecule has 0 bridgehead atoms. The van der Waals surface area contributed by atoms with Gasteiger partial charge in [-0.15, -0.1) is 0 Å². The smallest absolute Gasteiger partial charge is 0.284 e. The maximum Gasteiger partial charge on any atom is 0.284 e. The summed E-state index contributed by atoms with van der Waals surface area (Å²) in [7, 11) is 0. The van der Waals surface area contributed by atoms with E-state index in [1.165, 1.54) is 29.8 Å². The van der Waals surface area contributed by atoms with Crippen LogP contribution in [0.15, 0.2) is 24.7 Å². The largest absolute Gasteiger partial charge is 0.370 e. The van der Waals surface area contributed by atoms with Crippen molar-refractivity contribution in [3.05, 3.63) is 35.9 Å². The second-order valence-corrected chi connectivity index (χ2v) is 9.21. The van der Waals surface area contributed by atoms with Crippen molar-refractivity contribution < 1.29 is 13.6 Å². The lowest BCUT2D eigenvalue weighted by atomic mass is 9.85. The minimum absolute atomic E-state index is 0.0370. The van der Waals surface area contributed by atoms with Crippen molar-refractivity contribution in [2.24, 2.45) is 11.8 Å². The highest BCUT2D eigenvalue weighted by Gasteiger charge is 2.27. The Bertz CT molecular complexity index is 1130. The van der Waals surface area contributed by atoms with Crippen LogP contribution in [0.25, 0.3) is 5.65 Å². The average molecular weight is 458 g/mol. The molecule has 0 atom stereocenters. The third kappa shape index (κ3) is 4.69. The van der Waals surface area contributed by atoms with Crippen molar-refractivity contribution >= 4 is 23.1 Å². The van der Waals surface area contributed by atoms with Gasteiger partial charge in [0, 0.05) is 18.9 Å². The molecule has 176 valence electrons. The summed E-state index contributed by atoms with van der Waals surface area (Å²) in [6, 6.07) is 1.88. The maximum absolute atomic E-state index is 13.7. The van der Waals surface area contributed by atoms with E-state index in [2.05, 4.69) is 32.7 Å². The molecular formula is C23H29F2N7O. The maximum atomic E-state index is 13.7. The number of halogens is 2. The van der Waals surface area contributed by atoms with Gasteiger partial charge in [-0.1, -0.05) is 13.3 Å². The Hall–Kier alpha value is -3.04. The van der Waals surface area contributed by atoms with Gasteiger partial charge in [0.05, 0.1) is 17.9 Å². The summed E-state index contributed by atoms with van der Waals surface area (Å²) in [4.78, 5) is 17.5. The van der Waals surface area contributed by atoms with E-state index in [0.717, 1.165) is 38.6 Å². The monoisotopic (exact) mass is 457 g/mol. The zero-order valence-corrected chi connectivity index (χ0v) is 18.7. The van der Waals surface area contributed by atoms with Gasteiger partial charge in [-0.05, 0) is 56.4 Å². The second kappa shape index (κ2) is 9.07. The lowest BCUT2D eigenvalue weighted by molar-refractivity contribution is 0.102. The number of aromatic nitrogens is 5. The first kappa shape index (κ1) is 21.8. The highest BCUT2D eigenvalue weighted by Crippen LogP contribution is 2.36. The summed E-state index contributed by atoms with van der Waals surface area (Å²) in [5.74, 6) is 1.50. The van der Waals surface area contributed by atoms with Crippen molar-refractivity contribution in [1.82, 2.24) is 24.4 Å². The van der Waals surface area contributed by atoms with Crippen LogP contribution in [0.4, 0.5) is 20.3 Å². The van der Waals surface area contributed by atoms with Crippen LogP contribution in [-0.4, -0.2) is 36.8 Å². The number of nitrogens with one attached hydrogen (secondary N) is 2. The number of hydrogen-bond acceptors (Lipinski definition) is 5. The number of amides is 1. The molecule has 33 heavy (non-hydrogen) atoms. The van der Waals surface area contributed by atoms with Crippen molar-refractivity contribution in [2.45, 2.75) is 64.3 Å². The third-order valence-corrected chi connectivity index (χ3v) is 6.87. The van der Waals surface area contributed by atoms with E-state index in [1.807, 2.05) is 0 Å². The highest BCUT2D eigenvalue weighted by atomic mass is 19.3. The number of nitrogens with zero attached hydrogens (tertiary/aromatic N) is 5. The van der Waals surface area contributed by atoms with Crippen LogP contribution >= 0.6 is 0 Å². The predicted molar refractivity (Wildman–Crippen MR) is 121 cm³/mol. The van der Waals surface area contributed by atoms with E-state index in [4.69, 9.17) is 0 Å². The van der Waals surface area contributed by atoms with Crippen LogP contribution in [-0.2, 0) is 0 Å². The molecule has 2 aliphatic rings. The van der Waals surface area contributed by atoms with Gasteiger partial charge in [0.2, 0.25) is 0 Å².